The second-order valence-corrected chi connectivity index (χ2v) is 5.76. The van der Waals surface area contributed by atoms with Crippen molar-refractivity contribution < 1.29 is 18.7 Å². The number of anilines is 1. The first kappa shape index (κ1) is 17.1. The van der Waals surface area contributed by atoms with E-state index in [9.17, 15) is 14.0 Å². The molecule has 1 aromatic heterocycles. The van der Waals surface area contributed by atoms with Gasteiger partial charge < -0.3 is 10.1 Å². The summed E-state index contributed by atoms with van der Waals surface area (Å²) in [7, 11) is 0. The van der Waals surface area contributed by atoms with Gasteiger partial charge in [0.05, 0.1) is 6.61 Å². The molecule has 0 fully saturated rings. The van der Waals surface area contributed by atoms with E-state index in [1.54, 1.807) is 24.4 Å². The first-order valence-electron chi connectivity index (χ1n) is 7.41. The van der Waals surface area contributed by atoms with E-state index in [2.05, 4.69) is 5.32 Å². The highest BCUT2D eigenvalue weighted by atomic mass is 32.1. The lowest BCUT2D eigenvalue weighted by Crippen LogP contribution is -2.14. The highest BCUT2D eigenvalue weighted by molar-refractivity contribution is 7.15. The van der Waals surface area contributed by atoms with Gasteiger partial charge in [0.2, 0.25) is 5.91 Å². The lowest BCUT2D eigenvalue weighted by Gasteiger charge is -2.08. The van der Waals surface area contributed by atoms with Gasteiger partial charge in [0, 0.05) is 17.4 Å². The van der Waals surface area contributed by atoms with Crippen LogP contribution in [0, 0.1) is 5.82 Å². The molecule has 23 heavy (non-hydrogen) atoms. The smallest absolute Gasteiger partial charge is 0.341 e. The molecule has 1 heterocycles. The van der Waals surface area contributed by atoms with Crippen molar-refractivity contribution in [2.24, 2.45) is 0 Å². The van der Waals surface area contributed by atoms with E-state index in [4.69, 9.17) is 4.74 Å². The number of ether oxygens (including phenoxy) is 1. The van der Waals surface area contributed by atoms with Gasteiger partial charge in [-0.3, -0.25) is 4.79 Å². The van der Waals surface area contributed by atoms with Gasteiger partial charge in [-0.25, -0.2) is 9.18 Å². The van der Waals surface area contributed by atoms with Crippen LogP contribution in [0.3, 0.4) is 0 Å². The summed E-state index contributed by atoms with van der Waals surface area (Å²) in [4.78, 5) is 24.1. The van der Waals surface area contributed by atoms with Gasteiger partial charge in [0.1, 0.15) is 16.4 Å². The number of carbonyl (C=O) groups is 2. The topological polar surface area (TPSA) is 55.4 Å². The number of amides is 1. The molecular formula is C17H18FNO3S. The van der Waals surface area contributed by atoms with Gasteiger partial charge >= 0.3 is 5.97 Å². The predicted molar refractivity (Wildman–Crippen MR) is 89.2 cm³/mol. The van der Waals surface area contributed by atoms with Crippen LogP contribution in [0.2, 0.25) is 0 Å². The maximum absolute atomic E-state index is 13.1. The summed E-state index contributed by atoms with van der Waals surface area (Å²) >= 11 is 1.26. The van der Waals surface area contributed by atoms with Crippen LogP contribution in [0.5, 0.6) is 0 Å². The number of benzene rings is 1. The van der Waals surface area contributed by atoms with Gasteiger partial charge in [-0.2, -0.15) is 0 Å². The Labute approximate surface area is 138 Å². The average Bonchev–Trinajstić information content (AvgIpc) is 2.92. The Morgan fingerprint density at radius 1 is 1.22 bits per heavy atom. The summed E-state index contributed by atoms with van der Waals surface area (Å²) in [5.74, 6) is -0.997. The number of hydrogen-bond acceptors (Lipinski definition) is 4. The van der Waals surface area contributed by atoms with Gasteiger partial charge in [-0.15, -0.1) is 11.3 Å². The Balaban J connectivity index is 2.42. The number of nitrogens with one attached hydrogen (secondary N) is 1. The normalized spacial score (nSPS) is 10.4. The number of rotatable bonds is 6. The van der Waals surface area contributed by atoms with Crippen molar-refractivity contribution in [2.75, 3.05) is 11.9 Å². The standard InChI is InChI=1S/C17H18FNO3S/c1-3-5-14(20)19-16-15(17(21)22-4-2)13(10-23-16)11-6-8-12(18)9-7-11/h6-10H,3-5H2,1-2H3,(H,19,20). The van der Waals surface area contributed by atoms with E-state index in [1.807, 2.05) is 6.92 Å². The molecule has 2 aromatic rings. The SMILES string of the molecule is CCCC(=O)Nc1scc(-c2ccc(F)cc2)c1C(=O)OCC. The molecule has 6 heteroatoms. The van der Waals surface area contributed by atoms with Crippen molar-refractivity contribution in [1.29, 1.82) is 0 Å². The van der Waals surface area contributed by atoms with E-state index < -0.39 is 5.97 Å². The van der Waals surface area contributed by atoms with Crippen molar-refractivity contribution >= 4 is 28.2 Å². The largest absolute Gasteiger partial charge is 0.462 e. The van der Waals surface area contributed by atoms with Crippen LogP contribution in [-0.2, 0) is 9.53 Å². The number of carbonyl (C=O) groups excluding carboxylic acids is 2. The van der Waals surface area contributed by atoms with Crippen LogP contribution in [0.1, 0.15) is 37.0 Å². The third-order valence-corrected chi connectivity index (χ3v) is 4.05. The monoisotopic (exact) mass is 335 g/mol. The van der Waals surface area contributed by atoms with Gasteiger partial charge in [-0.1, -0.05) is 19.1 Å². The van der Waals surface area contributed by atoms with Crippen LogP contribution in [0.25, 0.3) is 11.1 Å². The zero-order valence-electron chi connectivity index (χ0n) is 13.0. The summed E-state index contributed by atoms with van der Waals surface area (Å²) in [6, 6.07) is 5.85. The highest BCUT2D eigenvalue weighted by Gasteiger charge is 2.22. The molecule has 0 radical (unpaired) electrons. The third kappa shape index (κ3) is 4.16. The number of thiophene rings is 1. The molecule has 1 amide bonds. The van der Waals surface area contributed by atoms with Crippen LogP contribution < -0.4 is 5.32 Å². The molecule has 0 aliphatic carbocycles. The number of esters is 1. The summed E-state index contributed by atoms with van der Waals surface area (Å²) in [6.07, 6.45) is 1.10. The molecule has 0 atom stereocenters. The first-order valence-corrected chi connectivity index (χ1v) is 8.29. The number of hydrogen-bond donors (Lipinski definition) is 1. The Morgan fingerprint density at radius 3 is 2.52 bits per heavy atom. The molecule has 0 aliphatic heterocycles. The zero-order chi connectivity index (χ0) is 16.8. The van der Waals surface area contributed by atoms with E-state index >= 15 is 0 Å². The van der Waals surface area contributed by atoms with Crippen LogP contribution in [0.15, 0.2) is 29.6 Å². The molecule has 0 aliphatic rings. The van der Waals surface area contributed by atoms with Crippen LogP contribution >= 0.6 is 11.3 Å². The Morgan fingerprint density at radius 2 is 1.91 bits per heavy atom. The lowest BCUT2D eigenvalue weighted by atomic mass is 10.0. The lowest BCUT2D eigenvalue weighted by molar-refractivity contribution is -0.116. The van der Waals surface area contributed by atoms with Crippen molar-refractivity contribution in [3.63, 3.8) is 0 Å². The third-order valence-electron chi connectivity index (χ3n) is 3.16. The zero-order valence-corrected chi connectivity index (χ0v) is 13.8. The first-order chi connectivity index (χ1) is 11.1. The minimum absolute atomic E-state index is 0.148. The summed E-state index contributed by atoms with van der Waals surface area (Å²) < 4.78 is 18.2. The predicted octanol–water partition coefficient (Wildman–Crippen LogP) is 4.47. The van der Waals surface area contributed by atoms with Gasteiger partial charge in [0.15, 0.2) is 0 Å². The van der Waals surface area contributed by atoms with Crippen molar-refractivity contribution in [3.05, 3.63) is 41.0 Å². The van der Waals surface area contributed by atoms with Crippen molar-refractivity contribution in [2.45, 2.75) is 26.7 Å². The quantitative estimate of drug-likeness (QED) is 0.793. The Bertz CT molecular complexity index is 694. The van der Waals surface area contributed by atoms with Crippen LogP contribution in [0.4, 0.5) is 9.39 Å². The summed E-state index contributed by atoms with van der Waals surface area (Å²) in [6.45, 7) is 3.86. The Kier molecular flexibility index (Phi) is 5.87. The molecule has 0 spiro atoms. The number of halogens is 1. The molecule has 1 aromatic carbocycles. The molecule has 2 rings (SSSR count). The Hall–Kier alpha value is -2.21. The molecule has 0 bridgehead atoms. The van der Waals surface area contributed by atoms with Gasteiger partial charge in [0.25, 0.3) is 0 Å². The molecule has 0 unspecified atom stereocenters. The second-order valence-electron chi connectivity index (χ2n) is 4.88. The van der Waals surface area contributed by atoms with E-state index in [-0.39, 0.29) is 18.3 Å². The highest BCUT2D eigenvalue weighted by Crippen LogP contribution is 2.36. The molecule has 0 saturated carbocycles. The molecule has 0 saturated heterocycles. The summed E-state index contributed by atoms with van der Waals surface area (Å²) in [5, 5.41) is 4.98. The minimum Gasteiger partial charge on any atom is -0.462 e. The maximum Gasteiger partial charge on any atom is 0.341 e. The van der Waals surface area contributed by atoms with Crippen molar-refractivity contribution in [3.8, 4) is 11.1 Å². The molecule has 4 nitrogen and oxygen atoms in total. The maximum atomic E-state index is 13.1. The van der Waals surface area contributed by atoms with Crippen LogP contribution in [-0.4, -0.2) is 18.5 Å². The van der Waals surface area contributed by atoms with Crippen molar-refractivity contribution in [1.82, 2.24) is 0 Å². The fraction of sp³-hybridized carbons (Fsp3) is 0.294. The minimum atomic E-state index is -0.500. The average molecular weight is 335 g/mol. The molecular weight excluding hydrogens is 317 g/mol. The van der Waals surface area contributed by atoms with E-state index in [0.29, 0.717) is 28.1 Å². The summed E-state index contributed by atoms with van der Waals surface area (Å²) in [5.41, 5.74) is 1.63. The van der Waals surface area contributed by atoms with E-state index in [0.717, 1.165) is 6.42 Å². The fourth-order valence-electron chi connectivity index (χ4n) is 2.11. The van der Waals surface area contributed by atoms with E-state index in [1.165, 1.54) is 23.5 Å². The second kappa shape index (κ2) is 7.87. The molecule has 1 N–H and O–H groups in total. The molecule has 122 valence electrons. The fourth-order valence-corrected chi connectivity index (χ4v) is 3.09. The van der Waals surface area contributed by atoms with Gasteiger partial charge in [-0.05, 0) is 31.0 Å².